The second kappa shape index (κ2) is 7.27. The molecule has 2 aliphatic rings. The van der Waals surface area contributed by atoms with Gasteiger partial charge in [0.2, 0.25) is 5.91 Å². The van der Waals surface area contributed by atoms with Crippen LogP contribution in [0.4, 0.5) is 0 Å². The molecule has 3 rings (SSSR count). The summed E-state index contributed by atoms with van der Waals surface area (Å²) < 4.78 is 7.32. The Bertz CT molecular complexity index is 688. The third-order valence-electron chi connectivity index (χ3n) is 3.98. The fraction of sp³-hybridized carbons (Fsp3) is 0.529. The summed E-state index contributed by atoms with van der Waals surface area (Å²) in [7, 11) is 0. The molecule has 1 amide bonds. The Balaban J connectivity index is 1.83. The lowest BCUT2D eigenvalue weighted by molar-refractivity contribution is -0.125. The summed E-state index contributed by atoms with van der Waals surface area (Å²) in [6.07, 6.45) is 3.50. The maximum absolute atomic E-state index is 12.5. The van der Waals surface area contributed by atoms with Gasteiger partial charge in [-0.25, -0.2) is 4.79 Å². The van der Waals surface area contributed by atoms with Crippen molar-refractivity contribution in [3.8, 4) is 0 Å². The van der Waals surface area contributed by atoms with E-state index < -0.39 is 0 Å². The predicted molar refractivity (Wildman–Crippen MR) is 98.6 cm³/mol. The molecule has 0 atom stereocenters. The molecule has 0 saturated carbocycles. The summed E-state index contributed by atoms with van der Waals surface area (Å²) in [6.45, 7) is 7.22. The molecule has 1 saturated heterocycles. The Morgan fingerprint density at radius 2 is 2.00 bits per heavy atom. The van der Waals surface area contributed by atoms with Gasteiger partial charge in [0.05, 0.1) is 16.7 Å². The van der Waals surface area contributed by atoms with Crippen LogP contribution in [0.3, 0.4) is 0 Å². The third-order valence-corrected chi connectivity index (χ3v) is 6.03. The molecule has 0 unspecified atom stereocenters. The number of carbonyl (C=O) groups excluding carboxylic acids is 2. The summed E-state index contributed by atoms with van der Waals surface area (Å²) in [4.78, 5) is 26.7. The lowest BCUT2D eigenvalue weighted by Gasteiger charge is -2.25. The van der Waals surface area contributed by atoms with Crippen LogP contribution in [0.5, 0.6) is 0 Å². The number of hydrogen-bond acceptors (Lipinski definition) is 5. The molecular formula is C17H22N2O3S2. The van der Waals surface area contributed by atoms with E-state index in [4.69, 9.17) is 4.74 Å². The Kier molecular flexibility index (Phi) is 5.30. The minimum absolute atomic E-state index is 0.0661. The van der Waals surface area contributed by atoms with Crippen LogP contribution in [-0.2, 0) is 9.53 Å². The molecule has 7 heteroatoms. The van der Waals surface area contributed by atoms with Crippen LogP contribution in [0.2, 0.25) is 0 Å². The smallest absolute Gasteiger partial charge is 0.341 e. The number of thioether (sulfide) groups is 2. The van der Waals surface area contributed by atoms with Crippen molar-refractivity contribution in [1.82, 2.24) is 9.47 Å². The number of carbonyl (C=O) groups is 2. The average Bonchev–Trinajstić information content (AvgIpc) is 3.06. The Labute approximate surface area is 150 Å². The molecule has 0 bridgehead atoms. The SMILES string of the molecule is Cc1cn2c(c1C(=O)OC(C)C)SCC2=CC(=O)N1CCSCC1. The quantitative estimate of drug-likeness (QED) is 0.608. The number of fused-ring (bicyclic) bond motifs is 1. The van der Waals surface area contributed by atoms with Gasteiger partial charge >= 0.3 is 5.97 Å². The van der Waals surface area contributed by atoms with Crippen molar-refractivity contribution in [2.45, 2.75) is 31.9 Å². The maximum atomic E-state index is 12.5. The summed E-state index contributed by atoms with van der Waals surface area (Å²) in [5.74, 6) is 2.48. The summed E-state index contributed by atoms with van der Waals surface area (Å²) in [6, 6.07) is 0. The van der Waals surface area contributed by atoms with Gasteiger partial charge in [0.25, 0.3) is 0 Å². The molecule has 130 valence electrons. The van der Waals surface area contributed by atoms with Crippen LogP contribution >= 0.6 is 23.5 Å². The topological polar surface area (TPSA) is 51.5 Å². The first kappa shape index (κ1) is 17.5. The molecule has 1 fully saturated rings. The van der Waals surface area contributed by atoms with Gasteiger partial charge in [-0.3, -0.25) is 4.79 Å². The van der Waals surface area contributed by atoms with Gasteiger partial charge in [-0.1, -0.05) is 0 Å². The number of aryl methyl sites for hydroxylation is 1. The zero-order valence-corrected chi connectivity index (χ0v) is 15.8. The van der Waals surface area contributed by atoms with Crippen LogP contribution in [0.15, 0.2) is 17.3 Å². The second-order valence-electron chi connectivity index (χ2n) is 6.18. The number of rotatable bonds is 3. The molecule has 2 aliphatic heterocycles. The van der Waals surface area contributed by atoms with Crippen molar-refractivity contribution in [1.29, 1.82) is 0 Å². The van der Waals surface area contributed by atoms with E-state index in [9.17, 15) is 9.59 Å². The molecule has 0 aliphatic carbocycles. The average molecular weight is 367 g/mol. The zero-order chi connectivity index (χ0) is 17.3. The van der Waals surface area contributed by atoms with Crippen molar-refractivity contribution in [2.24, 2.45) is 0 Å². The fourth-order valence-corrected chi connectivity index (χ4v) is 4.93. The number of aromatic nitrogens is 1. The highest BCUT2D eigenvalue weighted by Crippen LogP contribution is 2.38. The standard InChI is InChI=1S/C17H22N2O3S2/c1-11(2)22-17(21)15-12(3)9-19-13(10-24-16(15)19)8-14(20)18-4-6-23-7-5-18/h8-9,11H,4-7,10H2,1-3H3. The van der Waals surface area contributed by atoms with Crippen molar-refractivity contribution < 1.29 is 14.3 Å². The van der Waals surface area contributed by atoms with Crippen molar-refractivity contribution in [3.63, 3.8) is 0 Å². The largest absolute Gasteiger partial charge is 0.459 e. The molecule has 0 spiro atoms. The maximum Gasteiger partial charge on any atom is 0.341 e. The van der Waals surface area contributed by atoms with E-state index in [0.717, 1.165) is 40.9 Å². The fourth-order valence-electron chi connectivity index (χ4n) is 2.82. The van der Waals surface area contributed by atoms with Gasteiger partial charge < -0.3 is 14.2 Å². The molecule has 1 aromatic rings. The van der Waals surface area contributed by atoms with Crippen molar-refractivity contribution in [3.05, 3.63) is 23.4 Å². The van der Waals surface area contributed by atoms with Gasteiger partial charge in [0, 0.05) is 48.3 Å². The first-order valence-electron chi connectivity index (χ1n) is 8.10. The van der Waals surface area contributed by atoms with Crippen LogP contribution in [-0.4, -0.2) is 57.8 Å². The molecular weight excluding hydrogens is 344 g/mol. The van der Waals surface area contributed by atoms with Gasteiger partial charge in [0.1, 0.15) is 0 Å². The number of hydrogen-bond donors (Lipinski definition) is 0. The van der Waals surface area contributed by atoms with Gasteiger partial charge in [-0.2, -0.15) is 11.8 Å². The molecule has 3 heterocycles. The summed E-state index contributed by atoms with van der Waals surface area (Å²) in [5.41, 5.74) is 2.44. The van der Waals surface area contributed by atoms with Gasteiger partial charge in [-0.15, -0.1) is 11.8 Å². The zero-order valence-electron chi connectivity index (χ0n) is 14.2. The summed E-state index contributed by atoms with van der Waals surface area (Å²) in [5, 5.41) is 0.881. The van der Waals surface area contributed by atoms with Gasteiger partial charge in [-0.05, 0) is 26.3 Å². The Hall–Kier alpha value is -1.34. The summed E-state index contributed by atoms with van der Waals surface area (Å²) >= 11 is 3.47. The van der Waals surface area contributed by atoms with E-state index in [2.05, 4.69) is 0 Å². The molecule has 1 aromatic heterocycles. The third kappa shape index (κ3) is 3.52. The minimum Gasteiger partial charge on any atom is -0.459 e. The van der Waals surface area contributed by atoms with Crippen LogP contribution in [0, 0.1) is 6.92 Å². The van der Waals surface area contributed by atoms with E-state index in [1.807, 2.05) is 48.2 Å². The van der Waals surface area contributed by atoms with E-state index in [1.165, 1.54) is 0 Å². The van der Waals surface area contributed by atoms with Crippen LogP contribution in [0.1, 0.15) is 29.8 Å². The highest BCUT2D eigenvalue weighted by molar-refractivity contribution is 8.00. The predicted octanol–water partition coefficient (Wildman–Crippen LogP) is 2.88. The molecule has 5 nitrogen and oxygen atoms in total. The number of amides is 1. The number of ether oxygens (including phenoxy) is 1. The molecule has 24 heavy (non-hydrogen) atoms. The first-order chi connectivity index (χ1) is 11.5. The number of nitrogens with zero attached hydrogens (tertiary/aromatic N) is 2. The van der Waals surface area contributed by atoms with Crippen LogP contribution in [0.25, 0.3) is 5.70 Å². The van der Waals surface area contributed by atoms with E-state index in [0.29, 0.717) is 11.3 Å². The monoisotopic (exact) mass is 366 g/mol. The van der Waals surface area contributed by atoms with Gasteiger partial charge in [0.15, 0.2) is 0 Å². The Morgan fingerprint density at radius 3 is 2.67 bits per heavy atom. The second-order valence-corrected chi connectivity index (χ2v) is 8.37. The van der Waals surface area contributed by atoms with E-state index >= 15 is 0 Å². The Morgan fingerprint density at radius 1 is 1.29 bits per heavy atom. The highest BCUT2D eigenvalue weighted by Gasteiger charge is 2.28. The van der Waals surface area contributed by atoms with Crippen LogP contribution < -0.4 is 0 Å². The molecule has 0 radical (unpaired) electrons. The first-order valence-corrected chi connectivity index (χ1v) is 10.2. The van der Waals surface area contributed by atoms with Crippen molar-refractivity contribution in [2.75, 3.05) is 30.3 Å². The highest BCUT2D eigenvalue weighted by atomic mass is 32.2. The molecule has 0 N–H and O–H groups in total. The van der Waals surface area contributed by atoms with Crippen molar-refractivity contribution >= 4 is 41.1 Å². The lowest BCUT2D eigenvalue weighted by atomic mass is 10.2. The van der Waals surface area contributed by atoms with E-state index in [1.54, 1.807) is 17.8 Å². The molecule has 0 aromatic carbocycles. The number of esters is 1. The lowest BCUT2D eigenvalue weighted by Crippen LogP contribution is -2.37. The minimum atomic E-state index is -0.288. The van der Waals surface area contributed by atoms with E-state index in [-0.39, 0.29) is 18.0 Å². The normalized spacial score (nSPS) is 19.0.